The highest BCUT2D eigenvalue weighted by molar-refractivity contribution is 6.02. The van der Waals surface area contributed by atoms with Crippen molar-refractivity contribution in [1.82, 2.24) is 9.97 Å². The minimum atomic E-state index is -0.517. The minimum Gasteiger partial charge on any atom is -0.339 e. The molecule has 0 unspecified atom stereocenters. The zero-order valence-electron chi connectivity index (χ0n) is 14.5. The summed E-state index contributed by atoms with van der Waals surface area (Å²) < 4.78 is 13.6. The van der Waals surface area contributed by atoms with Gasteiger partial charge in [0, 0.05) is 5.69 Å². The van der Waals surface area contributed by atoms with Crippen LogP contribution in [0.5, 0.6) is 0 Å². The third kappa shape index (κ3) is 4.03. The molecule has 1 amide bonds. The fourth-order valence-corrected chi connectivity index (χ4v) is 2.51. The van der Waals surface area contributed by atoms with Crippen molar-refractivity contribution in [2.75, 3.05) is 10.6 Å². The fraction of sp³-hybridized carbons (Fsp3) is 0.150. The topological polar surface area (TPSA) is 66.9 Å². The molecule has 0 bridgehead atoms. The Morgan fingerprint density at radius 2 is 1.65 bits per heavy atom. The second-order valence-electron chi connectivity index (χ2n) is 6.09. The van der Waals surface area contributed by atoms with E-state index in [-0.39, 0.29) is 11.4 Å². The molecule has 1 heterocycles. The average Bonchev–Trinajstić information content (AvgIpc) is 2.64. The summed E-state index contributed by atoms with van der Waals surface area (Å²) in [5.41, 5.74) is 2.32. The van der Waals surface area contributed by atoms with Gasteiger partial charge in [-0.1, -0.05) is 44.2 Å². The highest BCUT2D eigenvalue weighted by atomic mass is 19.1. The van der Waals surface area contributed by atoms with E-state index in [1.54, 1.807) is 12.1 Å². The Kier molecular flexibility index (Phi) is 5.22. The number of carbonyl (C=O) groups is 1. The van der Waals surface area contributed by atoms with E-state index in [4.69, 9.17) is 0 Å². The molecule has 0 atom stereocenters. The van der Waals surface area contributed by atoms with E-state index in [2.05, 4.69) is 40.5 Å². The maximum absolute atomic E-state index is 13.6. The predicted octanol–water partition coefficient (Wildman–Crippen LogP) is 4.74. The lowest BCUT2D eigenvalue weighted by atomic mass is 10.0. The summed E-state index contributed by atoms with van der Waals surface area (Å²) in [6, 6.07) is 13.9. The molecule has 132 valence electrons. The van der Waals surface area contributed by atoms with Gasteiger partial charge >= 0.3 is 0 Å². The molecule has 5 nitrogen and oxygen atoms in total. The number of nitrogens with one attached hydrogen (secondary N) is 2. The van der Waals surface area contributed by atoms with Crippen LogP contribution >= 0.6 is 0 Å². The Bertz CT molecular complexity index is 910. The van der Waals surface area contributed by atoms with Crippen LogP contribution in [0.15, 0.2) is 60.9 Å². The Balaban J connectivity index is 1.73. The van der Waals surface area contributed by atoms with Crippen LogP contribution in [0.25, 0.3) is 0 Å². The third-order valence-electron chi connectivity index (χ3n) is 3.85. The lowest BCUT2D eigenvalue weighted by Crippen LogP contribution is -2.15. The Labute approximate surface area is 151 Å². The first-order chi connectivity index (χ1) is 12.5. The molecule has 0 aliphatic heterocycles. The molecule has 2 aromatic carbocycles. The smallest absolute Gasteiger partial charge is 0.275 e. The maximum Gasteiger partial charge on any atom is 0.275 e. The number of anilines is 3. The SMILES string of the molecule is CC(C)c1ccccc1Nc1cnc(C(=O)Nc2ccccc2F)cn1. The summed E-state index contributed by atoms with van der Waals surface area (Å²) in [5, 5.41) is 5.70. The number of aromatic nitrogens is 2. The molecule has 3 aromatic rings. The van der Waals surface area contributed by atoms with Gasteiger partial charge in [0.05, 0.1) is 18.1 Å². The molecule has 0 radical (unpaired) electrons. The molecule has 0 fully saturated rings. The Morgan fingerprint density at radius 3 is 2.31 bits per heavy atom. The van der Waals surface area contributed by atoms with Crippen molar-refractivity contribution < 1.29 is 9.18 Å². The largest absolute Gasteiger partial charge is 0.339 e. The lowest BCUT2D eigenvalue weighted by Gasteiger charge is -2.14. The van der Waals surface area contributed by atoms with E-state index in [0.29, 0.717) is 11.7 Å². The van der Waals surface area contributed by atoms with E-state index in [9.17, 15) is 9.18 Å². The number of para-hydroxylation sites is 2. The van der Waals surface area contributed by atoms with E-state index in [1.807, 2.05) is 18.2 Å². The zero-order valence-corrected chi connectivity index (χ0v) is 14.5. The first-order valence-electron chi connectivity index (χ1n) is 8.28. The summed E-state index contributed by atoms with van der Waals surface area (Å²) in [5.74, 6) is -0.132. The predicted molar refractivity (Wildman–Crippen MR) is 100 cm³/mol. The van der Waals surface area contributed by atoms with Gasteiger partial charge in [0.15, 0.2) is 0 Å². The summed E-state index contributed by atoms with van der Waals surface area (Å²) >= 11 is 0. The fourth-order valence-electron chi connectivity index (χ4n) is 2.51. The van der Waals surface area contributed by atoms with Crippen LogP contribution < -0.4 is 10.6 Å². The highest BCUT2D eigenvalue weighted by Gasteiger charge is 2.12. The van der Waals surface area contributed by atoms with Crippen molar-refractivity contribution in [2.45, 2.75) is 19.8 Å². The second kappa shape index (κ2) is 7.74. The standard InChI is InChI=1S/C20H19FN4O/c1-13(2)14-7-3-5-9-16(14)24-19-12-22-18(11-23-19)20(26)25-17-10-6-4-8-15(17)21/h3-13H,1-2H3,(H,23,24)(H,25,26). The number of benzene rings is 2. The van der Waals surface area contributed by atoms with E-state index in [1.165, 1.54) is 24.5 Å². The van der Waals surface area contributed by atoms with Crippen molar-refractivity contribution in [3.63, 3.8) is 0 Å². The highest BCUT2D eigenvalue weighted by Crippen LogP contribution is 2.25. The van der Waals surface area contributed by atoms with Crippen LogP contribution in [0.1, 0.15) is 35.8 Å². The van der Waals surface area contributed by atoms with E-state index < -0.39 is 11.7 Å². The molecule has 0 saturated carbocycles. The number of hydrogen-bond acceptors (Lipinski definition) is 4. The van der Waals surface area contributed by atoms with Gasteiger partial charge in [0.2, 0.25) is 0 Å². The van der Waals surface area contributed by atoms with E-state index >= 15 is 0 Å². The summed E-state index contributed by atoms with van der Waals surface area (Å²) in [6.07, 6.45) is 2.84. The van der Waals surface area contributed by atoms with Gasteiger partial charge in [-0.15, -0.1) is 0 Å². The number of nitrogens with zero attached hydrogens (tertiary/aromatic N) is 2. The van der Waals surface area contributed by atoms with Crippen LogP contribution in [-0.2, 0) is 0 Å². The molecule has 0 spiro atoms. The monoisotopic (exact) mass is 350 g/mol. The van der Waals surface area contributed by atoms with Gasteiger partial charge in [-0.05, 0) is 29.7 Å². The number of halogens is 1. The van der Waals surface area contributed by atoms with Crippen molar-refractivity contribution in [2.24, 2.45) is 0 Å². The van der Waals surface area contributed by atoms with Crippen LogP contribution in [0.2, 0.25) is 0 Å². The Morgan fingerprint density at radius 1 is 0.962 bits per heavy atom. The summed E-state index contributed by atoms with van der Waals surface area (Å²) in [7, 11) is 0. The van der Waals surface area contributed by atoms with Gasteiger partial charge < -0.3 is 10.6 Å². The van der Waals surface area contributed by atoms with Gasteiger partial charge in [0.25, 0.3) is 5.91 Å². The molecular weight excluding hydrogens is 331 g/mol. The molecular formula is C20H19FN4O. The maximum atomic E-state index is 13.6. The van der Waals surface area contributed by atoms with Gasteiger partial charge in [-0.2, -0.15) is 0 Å². The van der Waals surface area contributed by atoms with Crippen molar-refractivity contribution >= 4 is 23.1 Å². The first-order valence-corrected chi connectivity index (χ1v) is 8.28. The van der Waals surface area contributed by atoms with Crippen molar-refractivity contribution in [3.8, 4) is 0 Å². The quantitative estimate of drug-likeness (QED) is 0.698. The van der Waals surface area contributed by atoms with Gasteiger partial charge in [-0.25, -0.2) is 14.4 Å². The van der Waals surface area contributed by atoms with Crippen LogP contribution in [-0.4, -0.2) is 15.9 Å². The van der Waals surface area contributed by atoms with Crippen LogP contribution in [0.4, 0.5) is 21.6 Å². The molecule has 6 heteroatoms. The molecule has 2 N–H and O–H groups in total. The summed E-state index contributed by atoms with van der Waals surface area (Å²) in [6.45, 7) is 4.23. The molecule has 0 aliphatic rings. The summed E-state index contributed by atoms with van der Waals surface area (Å²) in [4.78, 5) is 20.5. The molecule has 1 aromatic heterocycles. The lowest BCUT2D eigenvalue weighted by molar-refractivity contribution is 0.102. The third-order valence-corrected chi connectivity index (χ3v) is 3.85. The number of hydrogen-bond donors (Lipinski definition) is 2. The molecule has 0 saturated heterocycles. The van der Waals surface area contributed by atoms with E-state index in [0.717, 1.165) is 11.3 Å². The minimum absolute atomic E-state index is 0.104. The first kappa shape index (κ1) is 17.5. The van der Waals surface area contributed by atoms with Crippen molar-refractivity contribution in [1.29, 1.82) is 0 Å². The number of carbonyl (C=O) groups excluding carboxylic acids is 1. The Hall–Kier alpha value is -3.28. The molecule has 0 aliphatic carbocycles. The average molecular weight is 350 g/mol. The van der Waals surface area contributed by atoms with Gasteiger partial charge in [0.1, 0.15) is 17.3 Å². The number of amides is 1. The zero-order chi connectivity index (χ0) is 18.5. The normalized spacial score (nSPS) is 10.6. The van der Waals surface area contributed by atoms with Crippen LogP contribution in [0.3, 0.4) is 0 Å². The second-order valence-corrected chi connectivity index (χ2v) is 6.09. The molecule has 3 rings (SSSR count). The molecule has 26 heavy (non-hydrogen) atoms. The van der Waals surface area contributed by atoms with Crippen LogP contribution in [0, 0.1) is 5.82 Å². The van der Waals surface area contributed by atoms with Gasteiger partial charge in [-0.3, -0.25) is 4.79 Å². The number of rotatable bonds is 5. The van der Waals surface area contributed by atoms with Crippen molar-refractivity contribution in [3.05, 3.63) is 78.0 Å².